The van der Waals surface area contributed by atoms with Crippen LogP contribution in [0, 0.1) is 6.92 Å². The minimum Gasteiger partial charge on any atom is -0.439 e. The molecule has 0 aliphatic heterocycles. The molecule has 1 heterocycles. The zero-order chi connectivity index (χ0) is 13.7. The van der Waals surface area contributed by atoms with E-state index in [9.17, 15) is 0 Å². The van der Waals surface area contributed by atoms with E-state index >= 15 is 0 Å². The average Bonchev–Trinajstić information content (AvgIpc) is 2.39. The van der Waals surface area contributed by atoms with Crippen molar-refractivity contribution < 1.29 is 4.74 Å². The van der Waals surface area contributed by atoms with Crippen LogP contribution in [-0.2, 0) is 12.3 Å². The van der Waals surface area contributed by atoms with Crippen molar-refractivity contribution in [1.29, 1.82) is 0 Å². The fourth-order valence-corrected chi connectivity index (χ4v) is 2.09. The number of hydrogen-bond acceptors (Lipinski definition) is 2. The van der Waals surface area contributed by atoms with Crippen LogP contribution >= 0.6 is 11.6 Å². The van der Waals surface area contributed by atoms with E-state index < -0.39 is 0 Å². The Balaban J connectivity index is 2.26. The van der Waals surface area contributed by atoms with Gasteiger partial charge in [0.05, 0.1) is 0 Å². The topological polar surface area (TPSA) is 22.1 Å². The van der Waals surface area contributed by atoms with Crippen LogP contribution in [0.25, 0.3) is 0 Å². The molecule has 0 saturated carbocycles. The number of pyridine rings is 1. The molecule has 0 N–H and O–H groups in total. The molecule has 0 amide bonds. The molecular formula is C16H18ClNO. The first-order valence-corrected chi connectivity index (χ1v) is 7.05. The third-order valence-corrected chi connectivity index (χ3v) is 3.10. The number of aryl methyl sites for hydroxylation is 2. The maximum absolute atomic E-state index is 5.92. The zero-order valence-electron chi connectivity index (χ0n) is 11.3. The number of ether oxygens (including phenoxy) is 1. The van der Waals surface area contributed by atoms with E-state index in [0.717, 1.165) is 29.8 Å². The molecule has 19 heavy (non-hydrogen) atoms. The Hall–Kier alpha value is -1.54. The average molecular weight is 276 g/mol. The summed E-state index contributed by atoms with van der Waals surface area (Å²) in [7, 11) is 0. The summed E-state index contributed by atoms with van der Waals surface area (Å²) < 4.78 is 5.82. The van der Waals surface area contributed by atoms with Gasteiger partial charge in [0.15, 0.2) is 0 Å². The quantitative estimate of drug-likeness (QED) is 0.726. The Labute approximate surface area is 119 Å². The summed E-state index contributed by atoms with van der Waals surface area (Å²) >= 11 is 5.92. The first kappa shape index (κ1) is 13.9. The summed E-state index contributed by atoms with van der Waals surface area (Å²) in [5, 5.41) is 0. The lowest BCUT2D eigenvalue weighted by Crippen LogP contribution is -1.96. The van der Waals surface area contributed by atoms with Gasteiger partial charge in [0.2, 0.25) is 5.88 Å². The smallest absolute Gasteiger partial charge is 0.219 e. The van der Waals surface area contributed by atoms with E-state index in [0.29, 0.717) is 11.8 Å². The van der Waals surface area contributed by atoms with Gasteiger partial charge < -0.3 is 4.74 Å². The van der Waals surface area contributed by atoms with Crippen LogP contribution in [0.3, 0.4) is 0 Å². The number of halogens is 1. The maximum atomic E-state index is 5.92. The monoisotopic (exact) mass is 275 g/mol. The molecule has 0 saturated heterocycles. The van der Waals surface area contributed by atoms with E-state index in [1.165, 1.54) is 5.56 Å². The molecule has 1 aromatic carbocycles. The van der Waals surface area contributed by atoms with Crippen LogP contribution in [-0.4, -0.2) is 4.98 Å². The predicted molar refractivity (Wildman–Crippen MR) is 79.0 cm³/mol. The number of benzene rings is 1. The second-order valence-corrected chi connectivity index (χ2v) is 4.87. The lowest BCUT2D eigenvalue weighted by molar-refractivity contribution is 0.459. The first-order chi connectivity index (χ1) is 9.21. The second kappa shape index (κ2) is 6.58. The van der Waals surface area contributed by atoms with Crippen LogP contribution in [0.1, 0.15) is 30.2 Å². The minimum atomic E-state index is 0.476. The van der Waals surface area contributed by atoms with E-state index in [2.05, 4.69) is 11.9 Å². The van der Waals surface area contributed by atoms with Crippen LogP contribution < -0.4 is 4.74 Å². The van der Waals surface area contributed by atoms with Gasteiger partial charge in [0.1, 0.15) is 5.75 Å². The van der Waals surface area contributed by atoms with Gasteiger partial charge in [-0.3, -0.25) is 0 Å². The van der Waals surface area contributed by atoms with Gasteiger partial charge in [-0.2, -0.15) is 0 Å². The Morgan fingerprint density at radius 1 is 1.21 bits per heavy atom. The number of nitrogens with zero attached hydrogens (tertiary/aromatic N) is 1. The van der Waals surface area contributed by atoms with Crippen molar-refractivity contribution in [2.45, 2.75) is 32.6 Å². The Kier molecular flexibility index (Phi) is 4.80. The summed E-state index contributed by atoms with van der Waals surface area (Å²) in [4.78, 5) is 4.52. The summed E-state index contributed by atoms with van der Waals surface area (Å²) in [5.74, 6) is 1.90. The predicted octanol–water partition coefficient (Wildman–Crippen LogP) is 4.87. The third-order valence-electron chi connectivity index (χ3n) is 2.79. The molecule has 0 unspecified atom stereocenters. The van der Waals surface area contributed by atoms with E-state index in [1.807, 2.05) is 43.3 Å². The normalized spacial score (nSPS) is 10.5. The maximum Gasteiger partial charge on any atom is 0.219 e. The lowest BCUT2D eigenvalue weighted by Gasteiger charge is -2.09. The molecule has 3 heteroatoms. The second-order valence-electron chi connectivity index (χ2n) is 4.61. The molecule has 0 aliphatic carbocycles. The molecule has 0 fully saturated rings. The van der Waals surface area contributed by atoms with E-state index in [4.69, 9.17) is 16.3 Å². The highest BCUT2D eigenvalue weighted by Crippen LogP contribution is 2.23. The van der Waals surface area contributed by atoms with Crippen molar-refractivity contribution in [1.82, 2.24) is 4.98 Å². The molecule has 2 aromatic rings. The van der Waals surface area contributed by atoms with E-state index in [1.54, 1.807) is 0 Å². The van der Waals surface area contributed by atoms with E-state index in [-0.39, 0.29) is 0 Å². The molecule has 0 bridgehead atoms. The standard InChI is InChI=1S/C16H18ClNO/c1-3-5-14-9-13(11-17)10-16(18-14)19-15-7-4-6-12(2)8-15/h4,6-10H,3,5,11H2,1-2H3. The van der Waals surface area contributed by atoms with Crippen molar-refractivity contribution in [3.05, 3.63) is 53.2 Å². The molecule has 0 atom stereocenters. The van der Waals surface area contributed by atoms with Crippen molar-refractivity contribution in [2.75, 3.05) is 0 Å². The highest BCUT2D eigenvalue weighted by atomic mass is 35.5. The summed E-state index contributed by atoms with van der Waals surface area (Å²) in [6, 6.07) is 11.9. The van der Waals surface area contributed by atoms with Crippen molar-refractivity contribution in [3.8, 4) is 11.6 Å². The Morgan fingerprint density at radius 2 is 2.05 bits per heavy atom. The molecule has 2 nitrogen and oxygen atoms in total. The number of hydrogen-bond donors (Lipinski definition) is 0. The summed E-state index contributed by atoms with van der Waals surface area (Å²) in [6.45, 7) is 4.17. The Morgan fingerprint density at radius 3 is 2.74 bits per heavy atom. The zero-order valence-corrected chi connectivity index (χ0v) is 12.1. The highest BCUT2D eigenvalue weighted by Gasteiger charge is 2.04. The van der Waals surface area contributed by atoms with Crippen molar-refractivity contribution in [2.24, 2.45) is 0 Å². The number of rotatable bonds is 5. The molecule has 0 spiro atoms. The van der Waals surface area contributed by atoms with Gasteiger partial charge in [0, 0.05) is 17.6 Å². The number of aromatic nitrogens is 1. The SMILES string of the molecule is CCCc1cc(CCl)cc(Oc2cccc(C)c2)n1. The summed E-state index contributed by atoms with van der Waals surface area (Å²) in [6.07, 6.45) is 2.00. The van der Waals surface area contributed by atoms with Crippen LogP contribution in [0.4, 0.5) is 0 Å². The molecule has 0 aliphatic rings. The molecule has 2 rings (SSSR count). The van der Waals surface area contributed by atoms with Crippen molar-refractivity contribution in [3.63, 3.8) is 0 Å². The first-order valence-electron chi connectivity index (χ1n) is 6.51. The highest BCUT2D eigenvalue weighted by molar-refractivity contribution is 6.17. The molecule has 1 aromatic heterocycles. The van der Waals surface area contributed by atoms with Gasteiger partial charge >= 0.3 is 0 Å². The van der Waals surface area contributed by atoms with Crippen LogP contribution in [0.15, 0.2) is 36.4 Å². The van der Waals surface area contributed by atoms with Gasteiger partial charge in [-0.05, 0) is 42.7 Å². The lowest BCUT2D eigenvalue weighted by atomic mass is 10.2. The fraction of sp³-hybridized carbons (Fsp3) is 0.312. The molecular weight excluding hydrogens is 258 g/mol. The van der Waals surface area contributed by atoms with Crippen LogP contribution in [0.2, 0.25) is 0 Å². The fourth-order valence-electron chi connectivity index (χ4n) is 1.93. The largest absolute Gasteiger partial charge is 0.439 e. The molecule has 0 radical (unpaired) electrons. The van der Waals surface area contributed by atoms with Gasteiger partial charge in [-0.15, -0.1) is 11.6 Å². The Bertz CT molecular complexity index is 554. The van der Waals surface area contributed by atoms with Crippen LogP contribution in [0.5, 0.6) is 11.6 Å². The van der Waals surface area contributed by atoms with Gasteiger partial charge in [-0.25, -0.2) is 4.98 Å². The molecule has 100 valence electrons. The third kappa shape index (κ3) is 3.97. The van der Waals surface area contributed by atoms with Gasteiger partial charge in [-0.1, -0.05) is 25.5 Å². The summed E-state index contributed by atoms with van der Waals surface area (Å²) in [5.41, 5.74) is 3.24. The minimum absolute atomic E-state index is 0.476. The van der Waals surface area contributed by atoms with Gasteiger partial charge in [0.25, 0.3) is 0 Å². The van der Waals surface area contributed by atoms with Crippen molar-refractivity contribution >= 4 is 11.6 Å². The number of alkyl halides is 1.